The van der Waals surface area contributed by atoms with Crippen LogP contribution in [0.5, 0.6) is 5.75 Å². The maximum absolute atomic E-state index is 13.4. The fraction of sp³-hybridized carbons (Fsp3) is 0.522. The first-order chi connectivity index (χ1) is 15.2. The third kappa shape index (κ3) is 5.63. The number of nitrogens with zero attached hydrogens (tertiary/aromatic N) is 2. The maximum Gasteiger partial charge on any atom is 0.244 e. The van der Waals surface area contributed by atoms with Crippen LogP contribution in [-0.2, 0) is 27.8 Å². The molecule has 9 heteroatoms. The van der Waals surface area contributed by atoms with Crippen LogP contribution in [0.1, 0.15) is 38.7 Å². The van der Waals surface area contributed by atoms with Crippen molar-refractivity contribution in [2.45, 2.75) is 57.0 Å². The zero-order valence-corrected chi connectivity index (χ0v) is 19.9. The Kier molecular flexibility index (Phi) is 7.84. The van der Waals surface area contributed by atoms with Gasteiger partial charge in [-0.15, -0.1) is 0 Å². The van der Waals surface area contributed by atoms with Crippen LogP contribution >= 0.6 is 0 Å². The first-order valence-electron chi connectivity index (χ1n) is 11.1. The molecule has 1 aliphatic rings. The van der Waals surface area contributed by atoms with Gasteiger partial charge in [-0.2, -0.15) is 4.72 Å². The monoisotopic (exact) mass is 462 g/mol. The molecule has 1 amide bonds. The number of nitrogens with one attached hydrogen (secondary N) is 1. The standard InChI is InChI=1S/C23H34N4O4S/c1-4-18-7-8-20(31-3)21(16-18)32(29,30)25-19(11-15-26-12-5-6-22(26)24)23(28)27-13-9-17(2)10-14-27/h5-8,12,16-17,19,25H,4,9-11,13-15,24H2,1-3H3. The molecule has 1 aromatic carbocycles. The number of likely N-dealkylation sites (tertiary alicyclic amines) is 1. The van der Waals surface area contributed by atoms with Crippen molar-refractivity contribution in [1.82, 2.24) is 14.2 Å². The first kappa shape index (κ1) is 24.1. The van der Waals surface area contributed by atoms with Gasteiger partial charge in [-0.3, -0.25) is 4.79 Å². The Hall–Kier alpha value is -2.52. The molecule has 8 nitrogen and oxygen atoms in total. The van der Waals surface area contributed by atoms with Gasteiger partial charge in [0.15, 0.2) is 0 Å². The van der Waals surface area contributed by atoms with E-state index in [0.717, 1.165) is 18.4 Å². The van der Waals surface area contributed by atoms with E-state index < -0.39 is 16.1 Å². The van der Waals surface area contributed by atoms with Gasteiger partial charge in [0.05, 0.1) is 7.11 Å². The summed E-state index contributed by atoms with van der Waals surface area (Å²) in [5, 5.41) is 0. The highest BCUT2D eigenvalue weighted by molar-refractivity contribution is 7.89. The van der Waals surface area contributed by atoms with E-state index in [2.05, 4.69) is 11.6 Å². The topological polar surface area (TPSA) is 107 Å². The Morgan fingerprint density at radius 1 is 1.28 bits per heavy atom. The lowest BCUT2D eigenvalue weighted by molar-refractivity contribution is -0.134. The lowest BCUT2D eigenvalue weighted by Crippen LogP contribution is -2.51. The predicted molar refractivity (Wildman–Crippen MR) is 125 cm³/mol. The van der Waals surface area contributed by atoms with Crippen LogP contribution in [0.25, 0.3) is 0 Å². The van der Waals surface area contributed by atoms with Gasteiger partial charge in [0, 0.05) is 25.8 Å². The number of anilines is 1. The van der Waals surface area contributed by atoms with Crippen LogP contribution in [-0.4, -0.2) is 50.0 Å². The molecule has 2 heterocycles. The minimum atomic E-state index is -3.99. The highest BCUT2D eigenvalue weighted by Crippen LogP contribution is 2.26. The number of sulfonamides is 1. The number of carbonyl (C=O) groups is 1. The molecule has 0 bridgehead atoms. The minimum Gasteiger partial charge on any atom is -0.495 e. The van der Waals surface area contributed by atoms with Crippen molar-refractivity contribution in [3.8, 4) is 5.75 Å². The Morgan fingerprint density at radius 3 is 2.59 bits per heavy atom. The molecule has 1 aliphatic heterocycles. The van der Waals surface area contributed by atoms with E-state index in [9.17, 15) is 13.2 Å². The summed E-state index contributed by atoms with van der Waals surface area (Å²) in [4.78, 5) is 15.2. The van der Waals surface area contributed by atoms with Crippen LogP contribution in [0.15, 0.2) is 41.4 Å². The number of hydrogen-bond donors (Lipinski definition) is 2. The second-order valence-corrected chi connectivity index (χ2v) is 10.1. The molecule has 0 radical (unpaired) electrons. The van der Waals surface area contributed by atoms with E-state index in [4.69, 9.17) is 10.5 Å². The third-order valence-electron chi connectivity index (χ3n) is 6.14. The van der Waals surface area contributed by atoms with E-state index in [1.807, 2.05) is 29.8 Å². The molecule has 1 saturated heterocycles. The molecule has 0 saturated carbocycles. The Bertz CT molecular complexity index is 1030. The normalized spacial score (nSPS) is 16.2. The molecule has 1 aromatic heterocycles. The van der Waals surface area contributed by atoms with Gasteiger partial charge in [0.1, 0.15) is 22.5 Å². The lowest BCUT2D eigenvalue weighted by Gasteiger charge is -2.33. The van der Waals surface area contributed by atoms with Gasteiger partial charge in [-0.05, 0) is 61.4 Å². The third-order valence-corrected chi connectivity index (χ3v) is 7.63. The number of aryl methyl sites for hydroxylation is 2. The molecule has 32 heavy (non-hydrogen) atoms. The summed E-state index contributed by atoms with van der Waals surface area (Å²) in [5.41, 5.74) is 6.84. The van der Waals surface area contributed by atoms with Crippen LogP contribution in [0.4, 0.5) is 5.82 Å². The summed E-state index contributed by atoms with van der Waals surface area (Å²) < 4.78 is 36.5. The second-order valence-electron chi connectivity index (χ2n) is 8.44. The summed E-state index contributed by atoms with van der Waals surface area (Å²) in [5.74, 6) is 1.19. The van der Waals surface area contributed by atoms with Gasteiger partial charge in [-0.1, -0.05) is 19.9 Å². The van der Waals surface area contributed by atoms with Gasteiger partial charge >= 0.3 is 0 Å². The zero-order chi connectivity index (χ0) is 23.3. The molecule has 0 spiro atoms. The van der Waals surface area contributed by atoms with E-state index >= 15 is 0 Å². The maximum atomic E-state index is 13.4. The average molecular weight is 463 g/mol. The number of rotatable bonds is 9. The van der Waals surface area contributed by atoms with E-state index in [1.165, 1.54) is 7.11 Å². The summed E-state index contributed by atoms with van der Waals surface area (Å²) >= 11 is 0. The number of amides is 1. The molecular formula is C23H34N4O4S. The SMILES string of the molecule is CCc1ccc(OC)c(S(=O)(=O)NC(CCn2cccc2N)C(=O)N2CCC(C)CC2)c1. The summed E-state index contributed by atoms with van der Waals surface area (Å²) in [6.07, 6.45) is 4.64. The number of nitrogens with two attached hydrogens (primary N) is 1. The lowest BCUT2D eigenvalue weighted by atomic mass is 9.98. The van der Waals surface area contributed by atoms with Crippen LogP contribution < -0.4 is 15.2 Å². The molecular weight excluding hydrogens is 428 g/mol. The van der Waals surface area contributed by atoms with Gasteiger partial charge < -0.3 is 19.9 Å². The largest absolute Gasteiger partial charge is 0.495 e. The van der Waals surface area contributed by atoms with Crippen LogP contribution in [0.2, 0.25) is 0 Å². The minimum absolute atomic E-state index is 0.0462. The molecule has 3 N–H and O–H groups in total. The van der Waals surface area contributed by atoms with Crippen molar-refractivity contribution in [2.24, 2.45) is 5.92 Å². The van der Waals surface area contributed by atoms with E-state index in [0.29, 0.717) is 44.2 Å². The number of hydrogen-bond acceptors (Lipinski definition) is 5. The molecule has 2 aromatic rings. The number of methoxy groups -OCH3 is 1. The highest BCUT2D eigenvalue weighted by Gasteiger charge is 2.32. The number of benzene rings is 1. The van der Waals surface area contributed by atoms with Crippen LogP contribution in [0.3, 0.4) is 0 Å². The Balaban J connectivity index is 1.86. The predicted octanol–water partition coefficient (Wildman–Crippen LogP) is 2.64. The quantitative estimate of drug-likeness (QED) is 0.596. The Labute approximate surface area is 190 Å². The molecule has 0 aliphatic carbocycles. The second kappa shape index (κ2) is 10.4. The van der Waals surface area contributed by atoms with Crippen molar-refractivity contribution in [1.29, 1.82) is 0 Å². The number of carbonyl (C=O) groups excluding carboxylic acids is 1. The average Bonchev–Trinajstić information content (AvgIpc) is 3.20. The van der Waals surface area contributed by atoms with E-state index in [1.54, 1.807) is 23.1 Å². The number of piperidine rings is 1. The first-order valence-corrected chi connectivity index (χ1v) is 12.6. The number of nitrogen functional groups attached to an aromatic ring is 1. The highest BCUT2D eigenvalue weighted by atomic mass is 32.2. The number of ether oxygens (including phenoxy) is 1. The number of aromatic nitrogens is 1. The van der Waals surface area contributed by atoms with Crippen molar-refractivity contribution < 1.29 is 17.9 Å². The van der Waals surface area contributed by atoms with Crippen molar-refractivity contribution in [2.75, 3.05) is 25.9 Å². The smallest absolute Gasteiger partial charge is 0.244 e. The summed E-state index contributed by atoms with van der Waals surface area (Å²) in [7, 11) is -2.56. The summed E-state index contributed by atoms with van der Waals surface area (Å²) in [6, 6.07) is 7.79. The molecule has 1 unspecified atom stereocenters. The molecule has 176 valence electrons. The summed E-state index contributed by atoms with van der Waals surface area (Å²) in [6.45, 7) is 5.83. The fourth-order valence-corrected chi connectivity index (χ4v) is 5.43. The molecule has 1 atom stereocenters. The zero-order valence-electron chi connectivity index (χ0n) is 19.1. The molecule has 3 rings (SSSR count). The van der Waals surface area contributed by atoms with Crippen LogP contribution in [0, 0.1) is 5.92 Å². The van der Waals surface area contributed by atoms with E-state index in [-0.39, 0.29) is 16.6 Å². The van der Waals surface area contributed by atoms with Gasteiger partial charge in [0.2, 0.25) is 15.9 Å². The van der Waals surface area contributed by atoms with Crippen molar-refractivity contribution in [3.63, 3.8) is 0 Å². The molecule has 1 fully saturated rings. The van der Waals surface area contributed by atoms with Gasteiger partial charge in [0.25, 0.3) is 0 Å². The van der Waals surface area contributed by atoms with Crippen molar-refractivity contribution >= 4 is 21.7 Å². The van der Waals surface area contributed by atoms with Gasteiger partial charge in [-0.25, -0.2) is 8.42 Å². The van der Waals surface area contributed by atoms with Crippen molar-refractivity contribution in [3.05, 3.63) is 42.1 Å². The Morgan fingerprint density at radius 2 is 2.00 bits per heavy atom. The fourth-order valence-electron chi connectivity index (χ4n) is 3.98.